The zero-order chi connectivity index (χ0) is 16.6. The van der Waals surface area contributed by atoms with Gasteiger partial charge in [0.2, 0.25) is 0 Å². The molecule has 0 spiro atoms. The van der Waals surface area contributed by atoms with Crippen LogP contribution >= 0.6 is 0 Å². The summed E-state index contributed by atoms with van der Waals surface area (Å²) in [6, 6.07) is 0. The van der Waals surface area contributed by atoms with E-state index in [9.17, 15) is 5.11 Å². The number of hydrogen-bond donors (Lipinski definition) is 1. The highest BCUT2D eigenvalue weighted by molar-refractivity contribution is 4.98. The third kappa shape index (κ3) is 4.02. The van der Waals surface area contributed by atoms with E-state index in [2.05, 4.69) is 27.7 Å². The molecule has 4 nitrogen and oxygen atoms in total. The number of rotatable bonds is 3. The van der Waals surface area contributed by atoms with Crippen LogP contribution in [-0.2, 0) is 14.2 Å². The second-order valence-corrected chi connectivity index (χ2v) is 8.60. The Kier molecular flexibility index (Phi) is 5.28. The molecule has 0 aromatic heterocycles. The average molecular weight is 314 g/mol. The summed E-state index contributed by atoms with van der Waals surface area (Å²) in [5.74, 6) is -0.242. The molecule has 2 fully saturated rings. The predicted molar refractivity (Wildman–Crippen MR) is 86.7 cm³/mol. The SMILES string of the molecule is CC(C)(C)O[C@H]1CCC[C@@H]2OC(C)(C)OC[C@@H]2[C@]1(C)CCO. The summed E-state index contributed by atoms with van der Waals surface area (Å²) in [5, 5.41) is 9.65. The number of aliphatic hydroxyl groups excluding tert-OH is 1. The first-order valence-electron chi connectivity index (χ1n) is 8.68. The van der Waals surface area contributed by atoms with Crippen LogP contribution in [0, 0.1) is 11.3 Å². The van der Waals surface area contributed by atoms with Gasteiger partial charge in [0.15, 0.2) is 5.79 Å². The number of fused-ring (bicyclic) bond motifs is 1. The van der Waals surface area contributed by atoms with Crippen LogP contribution < -0.4 is 0 Å². The molecule has 0 unspecified atom stereocenters. The van der Waals surface area contributed by atoms with Gasteiger partial charge in [0, 0.05) is 17.9 Å². The van der Waals surface area contributed by atoms with Gasteiger partial charge in [-0.1, -0.05) is 6.92 Å². The van der Waals surface area contributed by atoms with Gasteiger partial charge in [-0.2, -0.15) is 0 Å². The number of aliphatic hydroxyl groups is 1. The molecule has 2 aliphatic rings. The molecule has 1 saturated carbocycles. The van der Waals surface area contributed by atoms with E-state index in [0.29, 0.717) is 6.61 Å². The second kappa shape index (κ2) is 6.39. The van der Waals surface area contributed by atoms with E-state index >= 15 is 0 Å². The van der Waals surface area contributed by atoms with E-state index in [1.54, 1.807) is 0 Å². The van der Waals surface area contributed by atoms with Crippen molar-refractivity contribution in [1.29, 1.82) is 0 Å². The van der Waals surface area contributed by atoms with Crippen LogP contribution in [0.3, 0.4) is 0 Å². The molecular weight excluding hydrogens is 280 g/mol. The van der Waals surface area contributed by atoms with Crippen molar-refractivity contribution in [2.24, 2.45) is 11.3 Å². The minimum absolute atomic E-state index is 0.125. The van der Waals surface area contributed by atoms with Gasteiger partial charge >= 0.3 is 0 Å². The zero-order valence-electron chi connectivity index (χ0n) is 15.1. The van der Waals surface area contributed by atoms with Crippen LogP contribution in [0.5, 0.6) is 0 Å². The average Bonchev–Trinajstić information content (AvgIpc) is 2.45. The largest absolute Gasteiger partial charge is 0.396 e. The van der Waals surface area contributed by atoms with Crippen molar-refractivity contribution in [3.8, 4) is 0 Å². The molecule has 1 N–H and O–H groups in total. The van der Waals surface area contributed by atoms with Crippen molar-refractivity contribution < 1.29 is 19.3 Å². The van der Waals surface area contributed by atoms with Crippen molar-refractivity contribution >= 4 is 0 Å². The number of ether oxygens (including phenoxy) is 3. The van der Waals surface area contributed by atoms with E-state index in [-0.39, 0.29) is 35.7 Å². The Morgan fingerprint density at radius 1 is 1.18 bits per heavy atom. The Labute approximate surface area is 135 Å². The molecule has 130 valence electrons. The summed E-state index contributed by atoms with van der Waals surface area (Å²) in [6.45, 7) is 13.4. The van der Waals surface area contributed by atoms with Crippen LogP contribution in [0.25, 0.3) is 0 Å². The van der Waals surface area contributed by atoms with Crippen molar-refractivity contribution in [3.63, 3.8) is 0 Å². The molecule has 0 aromatic rings. The molecule has 0 amide bonds. The molecule has 4 atom stereocenters. The maximum absolute atomic E-state index is 9.65. The molecule has 0 radical (unpaired) electrons. The fourth-order valence-electron chi connectivity index (χ4n) is 4.03. The van der Waals surface area contributed by atoms with Crippen LogP contribution in [-0.4, -0.2) is 41.9 Å². The molecule has 1 heterocycles. The lowest BCUT2D eigenvalue weighted by molar-refractivity contribution is -0.312. The maximum Gasteiger partial charge on any atom is 0.163 e. The van der Waals surface area contributed by atoms with Gasteiger partial charge in [-0.05, 0) is 60.3 Å². The third-order valence-corrected chi connectivity index (χ3v) is 5.18. The van der Waals surface area contributed by atoms with Crippen LogP contribution in [0.1, 0.15) is 67.2 Å². The summed E-state index contributed by atoms with van der Waals surface area (Å²) in [5.41, 5.74) is -0.309. The van der Waals surface area contributed by atoms with E-state index in [1.165, 1.54) is 0 Å². The predicted octanol–water partition coefficient (Wildman–Crippen LogP) is 3.51. The van der Waals surface area contributed by atoms with Gasteiger partial charge in [-0.3, -0.25) is 0 Å². The maximum atomic E-state index is 9.65. The van der Waals surface area contributed by atoms with Gasteiger partial charge in [-0.15, -0.1) is 0 Å². The Morgan fingerprint density at radius 2 is 1.86 bits per heavy atom. The van der Waals surface area contributed by atoms with Crippen LogP contribution in [0.4, 0.5) is 0 Å². The van der Waals surface area contributed by atoms with Gasteiger partial charge in [0.25, 0.3) is 0 Å². The van der Waals surface area contributed by atoms with Crippen molar-refractivity contribution in [1.82, 2.24) is 0 Å². The summed E-state index contributed by atoms with van der Waals surface area (Å²) in [6.07, 6.45) is 4.20. The van der Waals surface area contributed by atoms with Crippen molar-refractivity contribution in [3.05, 3.63) is 0 Å². The van der Waals surface area contributed by atoms with E-state index < -0.39 is 5.79 Å². The van der Waals surface area contributed by atoms with Gasteiger partial charge in [0.1, 0.15) is 0 Å². The van der Waals surface area contributed by atoms with Gasteiger partial charge in [-0.25, -0.2) is 0 Å². The highest BCUT2D eigenvalue weighted by Gasteiger charge is 2.51. The van der Waals surface area contributed by atoms with Gasteiger partial charge < -0.3 is 19.3 Å². The number of hydrogen-bond acceptors (Lipinski definition) is 4. The summed E-state index contributed by atoms with van der Waals surface area (Å²) < 4.78 is 18.6. The lowest BCUT2D eigenvalue weighted by Crippen LogP contribution is -2.54. The Bertz CT molecular complexity index is 374. The molecule has 4 heteroatoms. The fraction of sp³-hybridized carbons (Fsp3) is 1.00. The Morgan fingerprint density at radius 3 is 2.45 bits per heavy atom. The zero-order valence-corrected chi connectivity index (χ0v) is 15.1. The lowest BCUT2D eigenvalue weighted by Gasteiger charge is -2.50. The molecular formula is C18H34O4. The van der Waals surface area contributed by atoms with Crippen LogP contribution in [0.15, 0.2) is 0 Å². The first-order valence-corrected chi connectivity index (χ1v) is 8.68. The first kappa shape index (κ1) is 18.2. The molecule has 2 rings (SSSR count). The summed E-state index contributed by atoms with van der Waals surface area (Å²) in [7, 11) is 0. The molecule has 1 aliphatic carbocycles. The summed E-state index contributed by atoms with van der Waals surface area (Å²) in [4.78, 5) is 0. The first-order chi connectivity index (χ1) is 10.1. The summed E-state index contributed by atoms with van der Waals surface area (Å²) >= 11 is 0. The minimum atomic E-state index is -0.508. The van der Waals surface area contributed by atoms with E-state index in [4.69, 9.17) is 14.2 Å². The fourth-order valence-corrected chi connectivity index (χ4v) is 4.03. The molecule has 0 aromatic carbocycles. The van der Waals surface area contributed by atoms with Gasteiger partial charge in [0.05, 0.1) is 24.4 Å². The molecule has 1 saturated heterocycles. The third-order valence-electron chi connectivity index (χ3n) is 5.18. The van der Waals surface area contributed by atoms with Crippen molar-refractivity contribution in [2.45, 2.75) is 90.8 Å². The molecule has 0 bridgehead atoms. The Hall–Kier alpha value is -0.160. The van der Waals surface area contributed by atoms with Crippen LogP contribution in [0.2, 0.25) is 0 Å². The Balaban J connectivity index is 2.27. The second-order valence-electron chi connectivity index (χ2n) is 8.60. The highest BCUT2D eigenvalue weighted by Crippen LogP contribution is 2.49. The quantitative estimate of drug-likeness (QED) is 0.866. The minimum Gasteiger partial charge on any atom is -0.396 e. The topological polar surface area (TPSA) is 47.9 Å². The van der Waals surface area contributed by atoms with E-state index in [1.807, 2.05) is 13.8 Å². The van der Waals surface area contributed by atoms with E-state index in [0.717, 1.165) is 25.7 Å². The standard InChI is InChI=1S/C18H34O4/c1-16(2,3)22-15-9-7-8-14-13(18(15,6)10-11-19)12-20-17(4,5)21-14/h13-15,19H,7-12H2,1-6H3/t13-,14-,15-,18-/m0/s1. The lowest BCUT2D eigenvalue weighted by atomic mass is 9.68. The monoisotopic (exact) mass is 314 g/mol. The smallest absolute Gasteiger partial charge is 0.163 e. The normalized spacial score (nSPS) is 39.1. The molecule has 22 heavy (non-hydrogen) atoms. The highest BCUT2D eigenvalue weighted by atomic mass is 16.7. The van der Waals surface area contributed by atoms with Crippen molar-refractivity contribution in [2.75, 3.05) is 13.2 Å². The molecule has 1 aliphatic heterocycles.